The molecule has 0 aliphatic heterocycles. The van der Waals surface area contributed by atoms with Gasteiger partial charge in [0.1, 0.15) is 11.9 Å². The van der Waals surface area contributed by atoms with Gasteiger partial charge < -0.3 is 15.4 Å². The molecule has 2 N–H and O–H groups in total. The van der Waals surface area contributed by atoms with Gasteiger partial charge in [0.15, 0.2) is 5.69 Å². The molecular weight excluding hydrogens is 248 g/mol. The number of esters is 1. The highest BCUT2D eigenvalue weighted by Gasteiger charge is 2.25. The lowest BCUT2D eigenvalue weighted by Gasteiger charge is -2.14. The zero-order valence-electron chi connectivity index (χ0n) is 10.8. The molecule has 1 aromatic rings. The second-order valence-electron chi connectivity index (χ2n) is 4.43. The van der Waals surface area contributed by atoms with Gasteiger partial charge in [0.2, 0.25) is 5.91 Å². The summed E-state index contributed by atoms with van der Waals surface area (Å²) in [5, 5.41) is 5.78. The van der Waals surface area contributed by atoms with E-state index in [-0.39, 0.29) is 11.6 Å². The predicted octanol–water partition coefficient (Wildman–Crippen LogP) is 0.342. The van der Waals surface area contributed by atoms with E-state index in [0.717, 1.165) is 12.8 Å². The highest BCUT2D eigenvalue weighted by molar-refractivity contribution is 5.87. The molecule has 0 spiro atoms. The fourth-order valence-corrected chi connectivity index (χ4v) is 1.48. The Morgan fingerprint density at radius 2 is 2.16 bits per heavy atom. The molecule has 0 aromatic carbocycles. The molecule has 2 rings (SSSR count). The normalized spacial score (nSPS) is 15.5. The number of nitrogens with one attached hydrogen (secondary N) is 2. The van der Waals surface area contributed by atoms with Crippen molar-refractivity contribution >= 4 is 17.7 Å². The SMILES string of the molecule is COC(=O)c1cncc(NC(C)C(=O)NC2CC2)n1. The van der Waals surface area contributed by atoms with Crippen LogP contribution >= 0.6 is 0 Å². The minimum Gasteiger partial charge on any atom is -0.464 e. The average Bonchev–Trinajstić information content (AvgIpc) is 3.22. The molecule has 1 unspecified atom stereocenters. The Morgan fingerprint density at radius 1 is 1.42 bits per heavy atom. The van der Waals surface area contributed by atoms with Crippen LogP contribution in [0.5, 0.6) is 0 Å². The molecular formula is C12H16N4O3. The zero-order valence-corrected chi connectivity index (χ0v) is 10.8. The molecule has 1 amide bonds. The van der Waals surface area contributed by atoms with Crippen LogP contribution in [-0.4, -0.2) is 41.0 Å². The fourth-order valence-electron chi connectivity index (χ4n) is 1.48. The van der Waals surface area contributed by atoms with Crippen molar-refractivity contribution in [3.63, 3.8) is 0 Å². The summed E-state index contributed by atoms with van der Waals surface area (Å²) in [6, 6.07) is -0.132. The van der Waals surface area contributed by atoms with Gasteiger partial charge in [0.05, 0.1) is 19.5 Å². The number of nitrogens with zero attached hydrogens (tertiary/aromatic N) is 2. The van der Waals surface area contributed by atoms with E-state index in [4.69, 9.17) is 0 Å². The Balaban J connectivity index is 1.97. The van der Waals surface area contributed by atoms with Gasteiger partial charge in [-0.1, -0.05) is 0 Å². The highest BCUT2D eigenvalue weighted by atomic mass is 16.5. The maximum atomic E-state index is 11.8. The summed E-state index contributed by atoms with van der Waals surface area (Å²) in [4.78, 5) is 31.0. The molecule has 1 atom stereocenters. The number of rotatable bonds is 5. The van der Waals surface area contributed by atoms with Crippen molar-refractivity contribution in [3.8, 4) is 0 Å². The minimum atomic E-state index is -0.564. The number of ether oxygens (including phenoxy) is 1. The van der Waals surface area contributed by atoms with Crippen LogP contribution in [0.3, 0.4) is 0 Å². The average molecular weight is 264 g/mol. The van der Waals surface area contributed by atoms with Crippen molar-refractivity contribution in [2.24, 2.45) is 0 Å². The molecule has 1 heterocycles. The molecule has 19 heavy (non-hydrogen) atoms. The van der Waals surface area contributed by atoms with E-state index in [2.05, 4.69) is 25.3 Å². The number of amides is 1. The van der Waals surface area contributed by atoms with Crippen LogP contribution in [-0.2, 0) is 9.53 Å². The zero-order chi connectivity index (χ0) is 13.8. The van der Waals surface area contributed by atoms with E-state index < -0.39 is 12.0 Å². The van der Waals surface area contributed by atoms with Gasteiger partial charge in [-0.05, 0) is 19.8 Å². The van der Waals surface area contributed by atoms with Crippen LogP contribution in [0.25, 0.3) is 0 Å². The van der Waals surface area contributed by atoms with Gasteiger partial charge in [-0.15, -0.1) is 0 Å². The first-order chi connectivity index (χ1) is 9.10. The molecule has 102 valence electrons. The summed E-state index contributed by atoms with van der Waals surface area (Å²) in [6.45, 7) is 1.73. The summed E-state index contributed by atoms with van der Waals surface area (Å²) in [5.41, 5.74) is 0.0994. The third-order valence-electron chi connectivity index (χ3n) is 2.71. The molecule has 1 aliphatic carbocycles. The largest absolute Gasteiger partial charge is 0.464 e. The number of methoxy groups -OCH3 is 1. The molecule has 1 aliphatic rings. The number of carbonyl (C=O) groups is 2. The Hall–Kier alpha value is -2.18. The molecule has 1 aromatic heterocycles. The Kier molecular flexibility index (Phi) is 3.94. The number of anilines is 1. The van der Waals surface area contributed by atoms with Gasteiger partial charge in [0.25, 0.3) is 0 Å². The third-order valence-corrected chi connectivity index (χ3v) is 2.71. The first-order valence-corrected chi connectivity index (χ1v) is 6.07. The minimum absolute atomic E-state index is 0.0900. The summed E-state index contributed by atoms with van der Waals surface area (Å²) in [6.07, 6.45) is 4.84. The summed E-state index contributed by atoms with van der Waals surface area (Å²) < 4.78 is 4.56. The lowest BCUT2D eigenvalue weighted by molar-refractivity contribution is -0.121. The molecule has 0 radical (unpaired) electrons. The first kappa shape index (κ1) is 13.3. The lowest BCUT2D eigenvalue weighted by atomic mass is 10.3. The summed E-state index contributed by atoms with van der Waals surface area (Å²) in [7, 11) is 1.27. The van der Waals surface area contributed by atoms with E-state index in [1.165, 1.54) is 19.5 Å². The topological polar surface area (TPSA) is 93.2 Å². The van der Waals surface area contributed by atoms with E-state index >= 15 is 0 Å². The Labute approximate surface area is 110 Å². The van der Waals surface area contributed by atoms with Crippen LogP contribution < -0.4 is 10.6 Å². The van der Waals surface area contributed by atoms with Crippen molar-refractivity contribution < 1.29 is 14.3 Å². The van der Waals surface area contributed by atoms with Crippen molar-refractivity contribution in [3.05, 3.63) is 18.1 Å². The number of carbonyl (C=O) groups excluding carboxylic acids is 2. The van der Waals surface area contributed by atoms with E-state index in [1.54, 1.807) is 6.92 Å². The monoisotopic (exact) mass is 264 g/mol. The second-order valence-corrected chi connectivity index (χ2v) is 4.43. The fraction of sp³-hybridized carbons (Fsp3) is 0.500. The number of hydrogen-bond acceptors (Lipinski definition) is 6. The molecule has 1 saturated carbocycles. The van der Waals surface area contributed by atoms with Crippen LogP contribution in [0.15, 0.2) is 12.4 Å². The number of aromatic nitrogens is 2. The van der Waals surface area contributed by atoms with Crippen LogP contribution in [0.2, 0.25) is 0 Å². The standard InChI is InChI=1S/C12H16N4O3/c1-7(11(17)15-8-3-4-8)14-10-6-13-5-9(16-10)12(18)19-2/h5-8H,3-4H2,1-2H3,(H,14,16)(H,15,17). The van der Waals surface area contributed by atoms with E-state index in [1.807, 2.05) is 0 Å². The Morgan fingerprint density at radius 3 is 2.79 bits per heavy atom. The molecule has 1 fully saturated rings. The number of hydrogen-bond donors (Lipinski definition) is 2. The van der Waals surface area contributed by atoms with E-state index in [0.29, 0.717) is 11.9 Å². The van der Waals surface area contributed by atoms with Crippen molar-refractivity contribution in [1.82, 2.24) is 15.3 Å². The summed E-state index contributed by atoms with van der Waals surface area (Å²) in [5.74, 6) is -0.291. The predicted molar refractivity (Wildman–Crippen MR) is 67.6 cm³/mol. The first-order valence-electron chi connectivity index (χ1n) is 6.07. The van der Waals surface area contributed by atoms with Crippen LogP contribution in [0.4, 0.5) is 5.82 Å². The quantitative estimate of drug-likeness (QED) is 0.745. The van der Waals surface area contributed by atoms with Gasteiger partial charge in [-0.25, -0.2) is 9.78 Å². The molecule has 7 heteroatoms. The van der Waals surface area contributed by atoms with E-state index in [9.17, 15) is 9.59 Å². The van der Waals surface area contributed by atoms with Crippen LogP contribution in [0, 0.1) is 0 Å². The highest BCUT2D eigenvalue weighted by Crippen LogP contribution is 2.18. The van der Waals surface area contributed by atoms with Gasteiger partial charge in [0, 0.05) is 6.04 Å². The maximum absolute atomic E-state index is 11.8. The van der Waals surface area contributed by atoms with Crippen molar-refractivity contribution in [2.45, 2.75) is 31.8 Å². The van der Waals surface area contributed by atoms with Gasteiger partial charge in [-0.2, -0.15) is 0 Å². The van der Waals surface area contributed by atoms with Gasteiger partial charge in [-0.3, -0.25) is 9.78 Å². The maximum Gasteiger partial charge on any atom is 0.358 e. The van der Waals surface area contributed by atoms with Crippen molar-refractivity contribution in [2.75, 3.05) is 12.4 Å². The summed E-state index contributed by atoms with van der Waals surface area (Å²) >= 11 is 0. The smallest absolute Gasteiger partial charge is 0.358 e. The third kappa shape index (κ3) is 3.64. The Bertz CT molecular complexity index is 488. The molecule has 0 saturated heterocycles. The lowest BCUT2D eigenvalue weighted by Crippen LogP contribution is -2.38. The van der Waals surface area contributed by atoms with Gasteiger partial charge >= 0.3 is 5.97 Å². The molecule has 0 bridgehead atoms. The molecule has 7 nitrogen and oxygen atoms in total. The second kappa shape index (κ2) is 5.64. The van der Waals surface area contributed by atoms with Crippen molar-refractivity contribution in [1.29, 1.82) is 0 Å². The van der Waals surface area contributed by atoms with Crippen LogP contribution in [0.1, 0.15) is 30.3 Å².